The molecule has 0 spiro atoms. The van der Waals surface area contributed by atoms with Gasteiger partial charge >= 0.3 is 0 Å². The number of hydrogen-bond donors (Lipinski definition) is 0. The Hall–Kier alpha value is -0.0800. The van der Waals surface area contributed by atoms with E-state index in [2.05, 4.69) is 0 Å². The molecule has 0 fully saturated rings. The van der Waals surface area contributed by atoms with Crippen molar-refractivity contribution < 1.29 is 9.59 Å². The molecule has 0 aliphatic heterocycles. The van der Waals surface area contributed by atoms with E-state index < -0.39 is 16.4 Å². The van der Waals surface area contributed by atoms with E-state index in [9.17, 15) is 9.59 Å². The SMILES string of the molecule is C[C@@H](CC(=O)Cl)C(=O)Cl. The van der Waals surface area contributed by atoms with Crippen LogP contribution in [0.1, 0.15) is 13.3 Å². The fraction of sp³-hybridized carbons (Fsp3) is 0.600. The molecule has 0 saturated heterocycles. The van der Waals surface area contributed by atoms with Crippen LogP contribution in [0.5, 0.6) is 0 Å². The molecule has 0 aromatic heterocycles. The molecule has 2 nitrogen and oxygen atoms in total. The van der Waals surface area contributed by atoms with Gasteiger partial charge in [0.2, 0.25) is 10.5 Å². The van der Waals surface area contributed by atoms with Crippen molar-refractivity contribution in [3.05, 3.63) is 0 Å². The van der Waals surface area contributed by atoms with Gasteiger partial charge in [0, 0.05) is 12.3 Å². The molecule has 0 aliphatic rings. The maximum atomic E-state index is 10.2. The third kappa shape index (κ3) is 4.43. The van der Waals surface area contributed by atoms with Crippen molar-refractivity contribution in [3.8, 4) is 0 Å². The van der Waals surface area contributed by atoms with Crippen LogP contribution in [-0.2, 0) is 9.59 Å². The summed E-state index contributed by atoms with van der Waals surface area (Å²) in [6.07, 6.45) is 0.0177. The summed E-state index contributed by atoms with van der Waals surface area (Å²) in [7, 11) is 0. The molecular formula is C5H6Cl2O2. The highest BCUT2D eigenvalue weighted by molar-refractivity contribution is 6.66. The lowest BCUT2D eigenvalue weighted by Gasteiger charge is -1.98. The second-order valence-corrected chi connectivity index (χ2v) is 2.56. The summed E-state index contributed by atoms with van der Waals surface area (Å²) >= 11 is 9.99. The Morgan fingerprint density at radius 2 is 1.89 bits per heavy atom. The first-order valence-corrected chi connectivity index (χ1v) is 3.17. The van der Waals surface area contributed by atoms with Crippen LogP contribution in [0.4, 0.5) is 0 Å². The normalized spacial score (nSPS) is 12.8. The largest absolute Gasteiger partial charge is 0.281 e. The molecule has 0 N–H and O–H groups in total. The summed E-state index contributed by atoms with van der Waals surface area (Å²) in [6, 6.07) is 0. The number of carbonyl (C=O) groups excluding carboxylic acids is 2. The van der Waals surface area contributed by atoms with E-state index >= 15 is 0 Å². The van der Waals surface area contributed by atoms with Gasteiger partial charge in [0.15, 0.2) is 0 Å². The molecule has 0 aliphatic carbocycles. The first kappa shape index (κ1) is 8.92. The molecule has 0 amide bonds. The Balaban J connectivity index is 3.63. The van der Waals surface area contributed by atoms with Crippen LogP contribution in [0.2, 0.25) is 0 Å². The zero-order valence-electron chi connectivity index (χ0n) is 4.86. The van der Waals surface area contributed by atoms with E-state index in [1.807, 2.05) is 0 Å². The molecule has 1 atom stereocenters. The minimum absolute atomic E-state index is 0.0177. The lowest BCUT2D eigenvalue weighted by molar-refractivity contribution is -0.119. The number of halogens is 2. The summed E-state index contributed by atoms with van der Waals surface area (Å²) in [5.74, 6) is -0.461. The van der Waals surface area contributed by atoms with Crippen molar-refractivity contribution in [3.63, 3.8) is 0 Å². The Bertz CT molecular complexity index is 133. The van der Waals surface area contributed by atoms with Crippen molar-refractivity contribution in [1.29, 1.82) is 0 Å². The monoisotopic (exact) mass is 168 g/mol. The van der Waals surface area contributed by atoms with Gasteiger partial charge in [-0.05, 0) is 23.2 Å². The highest BCUT2D eigenvalue weighted by Crippen LogP contribution is 2.07. The molecule has 0 heterocycles. The maximum absolute atomic E-state index is 10.2. The van der Waals surface area contributed by atoms with E-state index in [1.165, 1.54) is 0 Å². The minimum Gasteiger partial charge on any atom is -0.281 e. The molecule has 0 aromatic rings. The van der Waals surface area contributed by atoms with E-state index in [0.29, 0.717) is 0 Å². The first-order chi connectivity index (χ1) is 4.04. The lowest BCUT2D eigenvalue weighted by atomic mass is 10.1. The zero-order valence-corrected chi connectivity index (χ0v) is 6.37. The Kier molecular flexibility index (Phi) is 3.82. The molecule has 0 radical (unpaired) electrons. The number of hydrogen-bond acceptors (Lipinski definition) is 2. The van der Waals surface area contributed by atoms with Gasteiger partial charge in [-0.1, -0.05) is 6.92 Å². The summed E-state index contributed by atoms with van der Waals surface area (Å²) in [5.41, 5.74) is 0. The van der Waals surface area contributed by atoms with Crippen molar-refractivity contribution >= 4 is 33.7 Å². The summed E-state index contributed by atoms with van der Waals surface area (Å²) in [5, 5.41) is -1.06. The van der Waals surface area contributed by atoms with E-state index in [-0.39, 0.29) is 6.42 Å². The third-order valence-corrected chi connectivity index (χ3v) is 1.38. The maximum Gasteiger partial charge on any atom is 0.224 e. The molecular weight excluding hydrogens is 163 g/mol. The zero-order chi connectivity index (χ0) is 7.44. The molecule has 9 heavy (non-hydrogen) atoms. The van der Waals surface area contributed by atoms with Gasteiger partial charge in [0.25, 0.3) is 0 Å². The molecule has 0 aromatic carbocycles. The van der Waals surface area contributed by atoms with Crippen LogP contribution < -0.4 is 0 Å². The number of carbonyl (C=O) groups is 2. The molecule has 0 unspecified atom stereocenters. The van der Waals surface area contributed by atoms with Crippen LogP contribution in [0.3, 0.4) is 0 Å². The molecule has 4 heteroatoms. The van der Waals surface area contributed by atoms with Crippen LogP contribution in [0, 0.1) is 5.92 Å². The molecule has 0 saturated carbocycles. The summed E-state index contributed by atoms with van der Waals surface area (Å²) in [6.45, 7) is 1.55. The summed E-state index contributed by atoms with van der Waals surface area (Å²) < 4.78 is 0. The van der Waals surface area contributed by atoms with Crippen LogP contribution in [0.15, 0.2) is 0 Å². The van der Waals surface area contributed by atoms with Gasteiger partial charge in [-0.15, -0.1) is 0 Å². The van der Waals surface area contributed by atoms with E-state index in [4.69, 9.17) is 23.2 Å². The average molecular weight is 169 g/mol. The molecule has 52 valence electrons. The average Bonchev–Trinajstić information content (AvgIpc) is 1.63. The van der Waals surface area contributed by atoms with E-state index in [1.54, 1.807) is 6.92 Å². The fourth-order valence-electron chi connectivity index (χ4n) is 0.321. The van der Waals surface area contributed by atoms with Crippen LogP contribution in [-0.4, -0.2) is 10.5 Å². The quantitative estimate of drug-likeness (QED) is 0.600. The Morgan fingerprint density at radius 3 is 2.00 bits per heavy atom. The fourth-order valence-corrected chi connectivity index (χ4v) is 0.630. The minimum atomic E-state index is -0.531. The van der Waals surface area contributed by atoms with Crippen molar-refractivity contribution in [2.24, 2.45) is 5.92 Å². The van der Waals surface area contributed by atoms with Crippen molar-refractivity contribution in [2.45, 2.75) is 13.3 Å². The van der Waals surface area contributed by atoms with Crippen LogP contribution >= 0.6 is 23.2 Å². The topological polar surface area (TPSA) is 34.1 Å². The van der Waals surface area contributed by atoms with Crippen molar-refractivity contribution in [2.75, 3.05) is 0 Å². The predicted octanol–water partition coefficient (Wildman–Crippen LogP) is 1.54. The second-order valence-electron chi connectivity index (χ2n) is 1.76. The van der Waals surface area contributed by atoms with Gasteiger partial charge < -0.3 is 0 Å². The smallest absolute Gasteiger partial charge is 0.224 e. The predicted molar refractivity (Wildman–Crippen MR) is 35.5 cm³/mol. The lowest BCUT2D eigenvalue weighted by Crippen LogP contribution is -2.06. The highest BCUT2D eigenvalue weighted by Gasteiger charge is 2.12. The van der Waals surface area contributed by atoms with Gasteiger partial charge in [-0.25, -0.2) is 0 Å². The Morgan fingerprint density at radius 1 is 1.44 bits per heavy atom. The standard InChI is InChI=1S/C5H6Cl2O2/c1-3(5(7)9)2-4(6)8/h3H,2H2,1H3/t3-/m0/s1. The van der Waals surface area contributed by atoms with Gasteiger partial charge in [0.1, 0.15) is 0 Å². The third-order valence-electron chi connectivity index (χ3n) is 0.854. The van der Waals surface area contributed by atoms with Gasteiger partial charge in [-0.2, -0.15) is 0 Å². The highest BCUT2D eigenvalue weighted by atomic mass is 35.5. The van der Waals surface area contributed by atoms with Crippen molar-refractivity contribution in [1.82, 2.24) is 0 Å². The van der Waals surface area contributed by atoms with Gasteiger partial charge in [-0.3, -0.25) is 9.59 Å². The van der Waals surface area contributed by atoms with E-state index in [0.717, 1.165) is 0 Å². The molecule has 0 bridgehead atoms. The molecule has 0 rings (SSSR count). The summed E-state index contributed by atoms with van der Waals surface area (Å²) in [4.78, 5) is 20.3. The van der Waals surface area contributed by atoms with Crippen LogP contribution in [0.25, 0.3) is 0 Å². The number of rotatable bonds is 3. The first-order valence-electron chi connectivity index (χ1n) is 2.41. The Labute approximate surface area is 63.1 Å². The second kappa shape index (κ2) is 3.85. The van der Waals surface area contributed by atoms with Gasteiger partial charge in [0.05, 0.1) is 0 Å².